The predicted octanol–water partition coefficient (Wildman–Crippen LogP) is 3.72. The van der Waals surface area contributed by atoms with Gasteiger partial charge in [0.25, 0.3) is 0 Å². The Hall–Kier alpha value is -1.51. The number of fused-ring (bicyclic) bond motifs is 1. The molecule has 3 heteroatoms. The smallest absolute Gasteiger partial charge is 0.336 e. The second kappa shape index (κ2) is 5.47. The van der Waals surface area contributed by atoms with Crippen LogP contribution in [0.5, 0.6) is 0 Å². The van der Waals surface area contributed by atoms with Gasteiger partial charge in [-0.3, -0.25) is 0 Å². The number of anilines is 1. The minimum absolute atomic E-state index is 0.497. The maximum absolute atomic E-state index is 11.4. The Labute approximate surface area is 120 Å². The summed E-state index contributed by atoms with van der Waals surface area (Å²) in [4.78, 5) is 13.9. The van der Waals surface area contributed by atoms with E-state index in [1.54, 1.807) is 6.07 Å². The molecule has 2 unspecified atom stereocenters. The second-order valence-electron chi connectivity index (χ2n) is 6.15. The SMILES string of the molecule is CCC1CCC(N2CCCc3c(C(=O)O)cccc32)C1. The highest BCUT2D eigenvalue weighted by atomic mass is 16.4. The van der Waals surface area contributed by atoms with Gasteiger partial charge >= 0.3 is 5.97 Å². The highest BCUT2D eigenvalue weighted by Gasteiger charge is 2.31. The third kappa shape index (κ3) is 2.30. The molecule has 3 rings (SSSR count). The van der Waals surface area contributed by atoms with E-state index in [0.717, 1.165) is 30.9 Å². The molecule has 108 valence electrons. The van der Waals surface area contributed by atoms with Crippen LogP contribution < -0.4 is 4.90 Å². The number of carbonyl (C=O) groups is 1. The Bertz CT molecular complexity index is 512. The molecule has 1 aliphatic carbocycles. The van der Waals surface area contributed by atoms with Crippen molar-refractivity contribution in [2.45, 2.75) is 51.5 Å². The van der Waals surface area contributed by atoms with E-state index >= 15 is 0 Å². The van der Waals surface area contributed by atoms with E-state index in [4.69, 9.17) is 0 Å². The molecule has 2 atom stereocenters. The summed E-state index contributed by atoms with van der Waals surface area (Å²) < 4.78 is 0. The number of hydrogen-bond donors (Lipinski definition) is 1. The maximum Gasteiger partial charge on any atom is 0.336 e. The van der Waals surface area contributed by atoms with Crippen molar-refractivity contribution in [2.75, 3.05) is 11.4 Å². The van der Waals surface area contributed by atoms with Crippen molar-refractivity contribution in [1.82, 2.24) is 0 Å². The fraction of sp³-hybridized carbons (Fsp3) is 0.588. The van der Waals surface area contributed by atoms with Crippen LogP contribution in [-0.4, -0.2) is 23.7 Å². The molecule has 20 heavy (non-hydrogen) atoms. The molecule has 1 aromatic rings. The molecule has 1 aliphatic heterocycles. The largest absolute Gasteiger partial charge is 0.478 e. The van der Waals surface area contributed by atoms with Crippen LogP contribution in [-0.2, 0) is 6.42 Å². The van der Waals surface area contributed by atoms with Crippen molar-refractivity contribution < 1.29 is 9.90 Å². The van der Waals surface area contributed by atoms with E-state index in [9.17, 15) is 9.90 Å². The van der Waals surface area contributed by atoms with Crippen LogP contribution in [0, 0.1) is 5.92 Å². The van der Waals surface area contributed by atoms with Gasteiger partial charge < -0.3 is 10.0 Å². The third-order valence-electron chi connectivity index (χ3n) is 5.05. The molecule has 1 fully saturated rings. The molecule has 0 saturated heterocycles. The van der Waals surface area contributed by atoms with Gasteiger partial charge in [0.1, 0.15) is 0 Å². The lowest BCUT2D eigenvalue weighted by atomic mass is 9.94. The molecule has 0 aromatic heterocycles. The van der Waals surface area contributed by atoms with Crippen molar-refractivity contribution in [3.8, 4) is 0 Å². The Kier molecular flexibility index (Phi) is 3.68. The van der Waals surface area contributed by atoms with Crippen molar-refractivity contribution >= 4 is 11.7 Å². The first-order valence-electron chi connectivity index (χ1n) is 7.82. The standard InChI is InChI=1S/C17H23NO2/c1-2-12-8-9-13(11-12)18-10-4-6-14-15(17(19)20)5-3-7-16(14)18/h3,5,7,12-13H,2,4,6,8-11H2,1H3,(H,19,20). The summed E-state index contributed by atoms with van der Waals surface area (Å²) in [7, 11) is 0. The van der Waals surface area contributed by atoms with Gasteiger partial charge in [-0.15, -0.1) is 0 Å². The number of aromatic carboxylic acids is 1. The normalized spacial score (nSPS) is 25.6. The van der Waals surface area contributed by atoms with Gasteiger partial charge in [-0.2, -0.15) is 0 Å². The Balaban J connectivity index is 1.91. The summed E-state index contributed by atoms with van der Waals surface area (Å²) in [6.07, 6.45) is 7.10. The molecule has 1 saturated carbocycles. The van der Waals surface area contributed by atoms with Gasteiger partial charge in [-0.1, -0.05) is 19.4 Å². The van der Waals surface area contributed by atoms with Crippen LogP contribution in [0.15, 0.2) is 18.2 Å². The van der Waals surface area contributed by atoms with Gasteiger partial charge in [0.2, 0.25) is 0 Å². The van der Waals surface area contributed by atoms with Gasteiger partial charge in [-0.25, -0.2) is 4.79 Å². The average Bonchev–Trinajstić information content (AvgIpc) is 2.94. The first-order chi connectivity index (χ1) is 9.70. The van der Waals surface area contributed by atoms with Crippen molar-refractivity contribution in [2.24, 2.45) is 5.92 Å². The first-order valence-corrected chi connectivity index (χ1v) is 7.82. The van der Waals surface area contributed by atoms with E-state index in [0.29, 0.717) is 11.6 Å². The zero-order chi connectivity index (χ0) is 14.1. The fourth-order valence-electron chi connectivity index (χ4n) is 3.94. The monoisotopic (exact) mass is 273 g/mol. The van der Waals surface area contributed by atoms with Crippen molar-refractivity contribution in [1.29, 1.82) is 0 Å². The minimum Gasteiger partial charge on any atom is -0.478 e. The van der Waals surface area contributed by atoms with E-state index in [1.165, 1.54) is 31.4 Å². The Morgan fingerprint density at radius 2 is 2.25 bits per heavy atom. The van der Waals surface area contributed by atoms with Gasteiger partial charge in [0, 0.05) is 18.3 Å². The van der Waals surface area contributed by atoms with Gasteiger partial charge in [0.05, 0.1) is 5.56 Å². The summed E-state index contributed by atoms with van der Waals surface area (Å²) in [6.45, 7) is 3.36. The molecule has 0 spiro atoms. The molecule has 1 N–H and O–H groups in total. The number of benzene rings is 1. The number of carboxylic acids is 1. The van der Waals surface area contributed by atoms with Gasteiger partial charge in [0.15, 0.2) is 0 Å². The lowest BCUT2D eigenvalue weighted by Crippen LogP contribution is -2.38. The quantitative estimate of drug-likeness (QED) is 0.912. The summed E-state index contributed by atoms with van der Waals surface area (Å²) in [6, 6.07) is 6.37. The zero-order valence-electron chi connectivity index (χ0n) is 12.1. The summed E-state index contributed by atoms with van der Waals surface area (Å²) >= 11 is 0. The van der Waals surface area contributed by atoms with E-state index in [1.807, 2.05) is 6.07 Å². The van der Waals surface area contributed by atoms with Crippen LogP contribution in [0.1, 0.15) is 54.9 Å². The summed E-state index contributed by atoms with van der Waals surface area (Å²) in [5, 5.41) is 9.35. The first kappa shape index (κ1) is 13.5. The lowest BCUT2D eigenvalue weighted by Gasteiger charge is -2.37. The number of rotatable bonds is 3. The lowest BCUT2D eigenvalue weighted by molar-refractivity contribution is 0.0695. The van der Waals surface area contributed by atoms with Crippen LogP contribution >= 0.6 is 0 Å². The third-order valence-corrected chi connectivity index (χ3v) is 5.05. The minimum atomic E-state index is -0.790. The average molecular weight is 273 g/mol. The van der Waals surface area contributed by atoms with Crippen LogP contribution in [0.3, 0.4) is 0 Å². The van der Waals surface area contributed by atoms with E-state index < -0.39 is 5.97 Å². The van der Waals surface area contributed by atoms with Crippen molar-refractivity contribution in [3.05, 3.63) is 29.3 Å². The molecule has 0 amide bonds. The molecular formula is C17H23NO2. The van der Waals surface area contributed by atoms with Crippen molar-refractivity contribution in [3.63, 3.8) is 0 Å². The molecule has 2 aliphatic rings. The topological polar surface area (TPSA) is 40.5 Å². The molecule has 1 heterocycles. The van der Waals surface area contributed by atoms with Crippen LogP contribution in [0.25, 0.3) is 0 Å². The molecular weight excluding hydrogens is 250 g/mol. The predicted molar refractivity (Wildman–Crippen MR) is 80.5 cm³/mol. The van der Waals surface area contributed by atoms with Gasteiger partial charge in [-0.05, 0) is 55.7 Å². The number of hydrogen-bond acceptors (Lipinski definition) is 2. The molecule has 0 radical (unpaired) electrons. The maximum atomic E-state index is 11.4. The van der Waals surface area contributed by atoms with E-state index in [2.05, 4.69) is 17.9 Å². The number of carboxylic acid groups (broad SMARTS) is 1. The summed E-state index contributed by atoms with van der Waals surface area (Å²) in [5.41, 5.74) is 2.72. The fourth-order valence-corrected chi connectivity index (χ4v) is 3.94. The second-order valence-corrected chi connectivity index (χ2v) is 6.15. The summed E-state index contributed by atoms with van der Waals surface area (Å²) in [5.74, 6) is 0.0644. The zero-order valence-corrected chi connectivity index (χ0v) is 12.1. The Morgan fingerprint density at radius 1 is 1.40 bits per heavy atom. The molecule has 3 nitrogen and oxygen atoms in total. The number of nitrogens with zero attached hydrogens (tertiary/aromatic N) is 1. The molecule has 0 bridgehead atoms. The molecule has 1 aromatic carbocycles. The van der Waals surface area contributed by atoms with E-state index in [-0.39, 0.29) is 0 Å². The Morgan fingerprint density at radius 3 is 2.95 bits per heavy atom. The highest BCUT2D eigenvalue weighted by Crippen LogP contribution is 2.38. The highest BCUT2D eigenvalue weighted by molar-refractivity contribution is 5.91. The van der Waals surface area contributed by atoms with Crippen LogP contribution in [0.2, 0.25) is 0 Å². The van der Waals surface area contributed by atoms with Crippen LogP contribution in [0.4, 0.5) is 5.69 Å².